The molecule has 1 saturated heterocycles. The first-order valence-corrected chi connectivity index (χ1v) is 11.9. The normalized spacial score (nSPS) is 14.1. The summed E-state index contributed by atoms with van der Waals surface area (Å²) >= 11 is 0. The lowest BCUT2D eigenvalue weighted by Gasteiger charge is -2.26. The van der Waals surface area contributed by atoms with Crippen LogP contribution < -0.4 is 10.6 Å². The van der Waals surface area contributed by atoms with Crippen molar-refractivity contribution in [2.75, 3.05) is 19.8 Å². The molecule has 1 amide bonds. The van der Waals surface area contributed by atoms with Crippen molar-refractivity contribution in [1.82, 2.24) is 15.6 Å². The van der Waals surface area contributed by atoms with Crippen LogP contribution in [-0.2, 0) is 11.2 Å². The molecule has 1 aromatic heterocycles. The summed E-state index contributed by atoms with van der Waals surface area (Å²) in [5, 5.41) is 16.1. The SMILES string of the molecule is N#Cc1ccc(CCNC(C(=O)c2c[nH]c3cc(C(=O)NC4COC4)ccc23)c2ccccc2)cc1. The van der Waals surface area contributed by atoms with Gasteiger partial charge in [0.2, 0.25) is 0 Å². The largest absolute Gasteiger partial charge is 0.377 e. The van der Waals surface area contributed by atoms with E-state index in [9.17, 15) is 9.59 Å². The number of hydrogen-bond acceptors (Lipinski definition) is 5. The number of aromatic amines is 1. The van der Waals surface area contributed by atoms with Crippen molar-refractivity contribution in [3.05, 3.63) is 107 Å². The number of aromatic nitrogens is 1. The number of rotatable bonds is 9. The van der Waals surface area contributed by atoms with Crippen molar-refractivity contribution in [2.45, 2.75) is 18.5 Å². The number of amides is 1. The summed E-state index contributed by atoms with van der Waals surface area (Å²) < 4.78 is 5.12. The fraction of sp³-hybridized carbons (Fsp3) is 0.207. The molecular formula is C29H26N4O3. The minimum Gasteiger partial charge on any atom is -0.377 e. The highest BCUT2D eigenvalue weighted by Gasteiger charge is 2.25. The standard InChI is InChI=1S/C29H26N4O3/c30-15-20-8-6-19(7-9-20)12-13-31-27(21-4-2-1-3-5-21)28(34)25-16-32-26-14-22(10-11-24(25)26)29(35)33-23-17-36-18-23/h1-11,14,16,23,27,31-32H,12-13,17-18H2,(H,33,35). The molecular weight excluding hydrogens is 452 g/mol. The number of nitriles is 1. The van der Waals surface area contributed by atoms with E-state index in [1.54, 1.807) is 30.5 Å². The van der Waals surface area contributed by atoms with Crippen LogP contribution in [0.2, 0.25) is 0 Å². The van der Waals surface area contributed by atoms with Crippen LogP contribution in [0, 0.1) is 11.3 Å². The van der Waals surface area contributed by atoms with Crippen LogP contribution >= 0.6 is 0 Å². The highest BCUT2D eigenvalue weighted by atomic mass is 16.5. The molecule has 3 aromatic carbocycles. The molecule has 5 rings (SSSR count). The molecule has 0 radical (unpaired) electrons. The van der Waals surface area contributed by atoms with Crippen LogP contribution in [0.5, 0.6) is 0 Å². The van der Waals surface area contributed by atoms with Gasteiger partial charge in [0.25, 0.3) is 5.91 Å². The fourth-order valence-electron chi connectivity index (χ4n) is 4.33. The van der Waals surface area contributed by atoms with Gasteiger partial charge in [0.15, 0.2) is 5.78 Å². The van der Waals surface area contributed by atoms with E-state index >= 15 is 0 Å². The van der Waals surface area contributed by atoms with Gasteiger partial charge in [0, 0.05) is 34.8 Å². The molecule has 1 unspecified atom stereocenters. The van der Waals surface area contributed by atoms with Gasteiger partial charge in [-0.3, -0.25) is 9.59 Å². The van der Waals surface area contributed by atoms with Gasteiger partial charge < -0.3 is 20.4 Å². The van der Waals surface area contributed by atoms with Gasteiger partial charge in [-0.2, -0.15) is 5.26 Å². The maximum Gasteiger partial charge on any atom is 0.251 e. The van der Waals surface area contributed by atoms with E-state index in [0.29, 0.717) is 36.4 Å². The summed E-state index contributed by atoms with van der Waals surface area (Å²) in [4.78, 5) is 29.4. The minimum absolute atomic E-state index is 0.0453. The Labute approximate surface area is 209 Å². The Morgan fingerprint density at radius 1 is 1.06 bits per heavy atom. The quantitative estimate of drug-likeness (QED) is 0.316. The zero-order chi connectivity index (χ0) is 24.9. The number of carbonyl (C=O) groups is 2. The Morgan fingerprint density at radius 2 is 1.83 bits per heavy atom. The Morgan fingerprint density at radius 3 is 2.53 bits per heavy atom. The first-order chi connectivity index (χ1) is 17.6. The van der Waals surface area contributed by atoms with E-state index in [0.717, 1.165) is 28.5 Å². The lowest BCUT2D eigenvalue weighted by Crippen LogP contribution is -2.48. The van der Waals surface area contributed by atoms with Crippen LogP contribution in [0.1, 0.15) is 43.4 Å². The fourth-order valence-corrected chi connectivity index (χ4v) is 4.33. The van der Waals surface area contributed by atoms with Crippen molar-refractivity contribution in [2.24, 2.45) is 0 Å². The van der Waals surface area contributed by atoms with Crippen molar-refractivity contribution in [3.8, 4) is 6.07 Å². The van der Waals surface area contributed by atoms with Gasteiger partial charge in [0.1, 0.15) is 0 Å². The Bertz CT molecular complexity index is 1420. The molecule has 1 atom stereocenters. The second-order valence-electron chi connectivity index (χ2n) is 8.89. The lowest BCUT2D eigenvalue weighted by molar-refractivity contribution is -0.00346. The molecule has 1 aliphatic rings. The summed E-state index contributed by atoms with van der Waals surface area (Å²) in [6, 6.07) is 24.1. The van der Waals surface area contributed by atoms with E-state index in [-0.39, 0.29) is 17.7 Å². The number of nitrogens with zero attached hydrogens (tertiary/aromatic N) is 1. The summed E-state index contributed by atoms with van der Waals surface area (Å²) in [5.74, 6) is -0.199. The van der Waals surface area contributed by atoms with E-state index in [4.69, 9.17) is 10.00 Å². The molecule has 180 valence electrons. The highest BCUT2D eigenvalue weighted by molar-refractivity contribution is 6.11. The molecule has 36 heavy (non-hydrogen) atoms. The molecule has 1 fully saturated rings. The predicted molar refractivity (Wildman–Crippen MR) is 137 cm³/mol. The average molecular weight is 479 g/mol. The third-order valence-electron chi connectivity index (χ3n) is 6.42. The van der Waals surface area contributed by atoms with Crippen molar-refractivity contribution >= 4 is 22.6 Å². The van der Waals surface area contributed by atoms with Crippen molar-refractivity contribution in [3.63, 3.8) is 0 Å². The van der Waals surface area contributed by atoms with Crippen LogP contribution in [0.25, 0.3) is 10.9 Å². The van der Waals surface area contributed by atoms with E-state index in [1.165, 1.54) is 0 Å². The minimum atomic E-state index is -0.523. The number of carbonyl (C=O) groups excluding carboxylic acids is 2. The number of fused-ring (bicyclic) bond motifs is 1. The van der Waals surface area contributed by atoms with Gasteiger partial charge >= 0.3 is 0 Å². The molecule has 0 saturated carbocycles. The highest BCUT2D eigenvalue weighted by Crippen LogP contribution is 2.26. The molecule has 0 spiro atoms. The molecule has 3 N–H and O–H groups in total. The number of hydrogen-bond donors (Lipinski definition) is 3. The van der Waals surface area contributed by atoms with Gasteiger partial charge in [-0.05, 0) is 41.8 Å². The first-order valence-electron chi connectivity index (χ1n) is 11.9. The van der Waals surface area contributed by atoms with Crippen molar-refractivity contribution in [1.29, 1.82) is 5.26 Å². The number of Topliss-reactive ketones (excluding diaryl/α,β-unsaturated/α-hetero) is 1. The van der Waals surface area contributed by atoms with Crippen LogP contribution in [0.15, 0.2) is 79.0 Å². The summed E-state index contributed by atoms with van der Waals surface area (Å²) in [7, 11) is 0. The number of nitrogens with one attached hydrogen (secondary N) is 3. The van der Waals surface area contributed by atoms with Gasteiger partial charge in [-0.1, -0.05) is 48.5 Å². The Balaban J connectivity index is 1.34. The van der Waals surface area contributed by atoms with Crippen molar-refractivity contribution < 1.29 is 14.3 Å². The number of ketones is 1. The molecule has 1 aliphatic heterocycles. The third kappa shape index (κ3) is 5.05. The predicted octanol–water partition coefficient (Wildman–Crippen LogP) is 3.92. The third-order valence-corrected chi connectivity index (χ3v) is 6.42. The van der Waals surface area contributed by atoms with E-state index < -0.39 is 6.04 Å². The molecule has 7 nitrogen and oxygen atoms in total. The molecule has 2 heterocycles. The monoisotopic (exact) mass is 478 g/mol. The number of benzene rings is 3. The Kier molecular flexibility index (Phi) is 6.89. The number of H-pyrrole nitrogens is 1. The zero-order valence-electron chi connectivity index (χ0n) is 19.7. The van der Waals surface area contributed by atoms with Gasteiger partial charge in [-0.25, -0.2) is 0 Å². The molecule has 0 aliphatic carbocycles. The maximum absolute atomic E-state index is 13.7. The van der Waals surface area contributed by atoms with E-state index in [2.05, 4.69) is 21.7 Å². The Hall–Kier alpha value is -4.25. The maximum atomic E-state index is 13.7. The van der Waals surface area contributed by atoms with Crippen LogP contribution in [0.4, 0.5) is 0 Å². The second-order valence-corrected chi connectivity index (χ2v) is 8.89. The summed E-state index contributed by atoms with van der Waals surface area (Å²) in [5.41, 5.74) is 4.45. The topological polar surface area (TPSA) is 107 Å². The number of ether oxygens (including phenoxy) is 1. The molecule has 4 aromatic rings. The average Bonchev–Trinajstić information content (AvgIpc) is 3.32. The second kappa shape index (κ2) is 10.6. The summed E-state index contributed by atoms with van der Waals surface area (Å²) in [6.07, 6.45) is 2.44. The summed E-state index contributed by atoms with van der Waals surface area (Å²) in [6.45, 7) is 1.66. The first kappa shape index (κ1) is 23.5. The lowest BCUT2D eigenvalue weighted by atomic mass is 9.96. The smallest absolute Gasteiger partial charge is 0.251 e. The van der Waals surface area contributed by atoms with Gasteiger partial charge in [-0.15, -0.1) is 0 Å². The molecule has 7 heteroatoms. The zero-order valence-corrected chi connectivity index (χ0v) is 19.7. The van der Waals surface area contributed by atoms with Gasteiger partial charge in [0.05, 0.1) is 36.9 Å². The molecule has 0 bridgehead atoms. The van der Waals surface area contributed by atoms with Crippen LogP contribution in [0.3, 0.4) is 0 Å². The van der Waals surface area contributed by atoms with Crippen LogP contribution in [-0.4, -0.2) is 42.5 Å². The van der Waals surface area contributed by atoms with E-state index in [1.807, 2.05) is 48.5 Å².